The minimum absolute atomic E-state index is 0.0436. The third-order valence-electron chi connectivity index (χ3n) is 4.09. The molecule has 0 saturated carbocycles. The molecule has 0 radical (unpaired) electrons. The molecular weight excluding hydrogens is 387 g/mol. The van der Waals surface area contributed by atoms with Crippen molar-refractivity contribution in [1.82, 2.24) is 14.9 Å². The van der Waals surface area contributed by atoms with Gasteiger partial charge < -0.3 is 10.1 Å². The summed E-state index contributed by atoms with van der Waals surface area (Å²) in [6, 6.07) is 7.64. The quantitative estimate of drug-likeness (QED) is 0.641. The van der Waals surface area contributed by atoms with Gasteiger partial charge in [-0.3, -0.25) is 9.36 Å². The molecule has 0 aliphatic heterocycles. The number of ether oxygens (including phenoxy) is 1. The Bertz CT molecular complexity index is 1030. The highest BCUT2D eigenvalue weighted by Gasteiger charge is 2.18. The maximum absolute atomic E-state index is 13.8. The molecule has 1 heterocycles. The lowest BCUT2D eigenvalue weighted by atomic mass is 10.1. The molecule has 3 aromatic rings. The van der Waals surface area contributed by atoms with Crippen molar-refractivity contribution in [3.63, 3.8) is 0 Å². The Morgan fingerprint density at radius 1 is 1.10 bits per heavy atom. The highest BCUT2D eigenvalue weighted by Crippen LogP contribution is 2.18. The van der Waals surface area contributed by atoms with Crippen molar-refractivity contribution in [3.8, 4) is 5.69 Å². The van der Waals surface area contributed by atoms with Gasteiger partial charge in [0.1, 0.15) is 17.5 Å². The molecule has 1 aromatic heterocycles. The van der Waals surface area contributed by atoms with Crippen molar-refractivity contribution in [2.45, 2.75) is 13.0 Å². The van der Waals surface area contributed by atoms with Gasteiger partial charge in [-0.05, 0) is 37.3 Å². The van der Waals surface area contributed by atoms with Crippen molar-refractivity contribution in [2.75, 3.05) is 6.61 Å². The molecule has 0 aliphatic rings. The van der Waals surface area contributed by atoms with Crippen LogP contribution in [0.1, 0.15) is 29.0 Å². The van der Waals surface area contributed by atoms with Crippen molar-refractivity contribution in [2.24, 2.45) is 0 Å². The number of hydrogen-bond acceptors (Lipinski definition) is 4. The number of amides is 1. The monoisotopic (exact) mass is 403 g/mol. The molecular formula is C20H16F3N3O3. The summed E-state index contributed by atoms with van der Waals surface area (Å²) in [5, 5.41) is 2.47. The Labute approximate surface area is 163 Å². The van der Waals surface area contributed by atoms with Gasteiger partial charge in [-0.1, -0.05) is 6.07 Å². The van der Waals surface area contributed by atoms with E-state index in [2.05, 4.69) is 10.3 Å². The lowest BCUT2D eigenvalue weighted by Gasteiger charge is -2.15. The van der Waals surface area contributed by atoms with Crippen LogP contribution in [0.4, 0.5) is 13.2 Å². The summed E-state index contributed by atoms with van der Waals surface area (Å²) < 4.78 is 46.2. The molecule has 150 valence electrons. The summed E-state index contributed by atoms with van der Waals surface area (Å²) in [5.74, 6) is -3.43. The zero-order chi connectivity index (χ0) is 21.0. The highest BCUT2D eigenvalue weighted by atomic mass is 19.1. The third kappa shape index (κ3) is 4.81. The maximum Gasteiger partial charge on any atom is 0.357 e. The Kier molecular flexibility index (Phi) is 5.96. The first kappa shape index (κ1) is 20.1. The van der Waals surface area contributed by atoms with Crippen LogP contribution >= 0.6 is 0 Å². The first-order valence-electron chi connectivity index (χ1n) is 8.55. The second-order valence-corrected chi connectivity index (χ2v) is 6.16. The zero-order valence-electron chi connectivity index (χ0n) is 15.2. The minimum atomic E-state index is -0.817. The molecule has 29 heavy (non-hydrogen) atoms. The number of carbonyl (C=O) groups is 2. The topological polar surface area (TPSA) is 73.2 Å². The fraction of sp³-hybridized carbons (Fsp3) is 0.150. The van der Waals surface area contributed by atoms with Crippen LogP contribution in [0, 0.1) is 17.5 Å². The van der Waals surface area contributed by atoms with Gasteiger partial charge in [0.05, 0.1) is 18.6 Å². The number of carbonyl (C=O) groups excluding carboxylic acids is 2. The van der Waals surface area contributed by atoms with Crippen molar-refractivity contribution < 1.29 is 27.5 Å². The van der Waals surface area contributed by atoms with Gasteiger partial charge in [-0.25, -0.2) is 22.9 Å². The second-order valence-electron chi connectivity index (χ2n) is 6.16. The third-order valence-corrected chi connectivity index (χ3v) is 4.09. The molecule has 2 aromatic carbocycles. The summed E-state index contributed by atoms with van der Waals surface area (Å²) in [7, 11) is 0. The van der Waals surface area contributed by atoms with Gasteiger partial charge in [0.2, 0.25) is 0 Å². The van der Waals surface area contributed by atoms with E-state index < -0.39 is 42.0 Å². The second kappa shape index (κ2) is 8.59. The van der Waals surface area contributed by atoms with Gasteiger partial charge in [-0.15, -0.1) is 0 Å². The predicted molar refractivity (Wildman–Crippen MR) is 96.7 cm³/mol. The Morgan fingerprint density at radius 3 is 2.48 bits per heavy atom. The molecule has 9 heteroatoms. The average molecular weight is 403 g/mol. The van der Waals surface area contributed by atoms with E-state index in [4.69, 9.17) is 4.74 Å². The average Bonchev–Trinajstić information content (AvgIpc) is 3.16. The fourth-order valence-electron chi connectivity index (χ4n) is 2.67. The van der Waals surface area contributed by atoms with Crippen LogP contribution in [-0.4, -0.2) is 28.0 Å². The number of hydrogen-bond donors (Lipinski definition) is 1. The van der Waals surface area contributed by atoms with Gasteiger partial charge in [0.15, 0.2) is 12.3 Å². The van der Waals surface area contributed by atoms with E-state index in [9.17, 15) is 22.8 Å². The van der Waals surface area contributed by atoms with Crippen molar-refractivity contribution >= 4 is 11.9 Å². The maximum atomic E-state index is 13.8. The van der Waals surface area contributed by atoms with Crippen LogP contribution in [0.25, 0.3) is 5.69 Å². The first-order chi connectivity index (χ1) is 13.8. The van der Waals surface area contributed by atoms with Crippen LogP contribution in [0.2, 0.25) is 0 Å². The number of nitrogens with zero attached hydrogens (tertiary/aromatic N) is 2. The minimum Gasteiger partial charge on any atom is -0.451 e. The van der Waals surface area contributed by atoms with E-state index in [0.717, 1.165) is 6.07 Å². The van der Waals surface area contributed by atoms with E-state index in [1.54, 1.807) is 0 Å². The van der Waals surface area contributed by atoms with Crippen molar-refractivity contribution in [1.29, 1.82) is 0 Å². The molecule has 3 rings (SSSR count). The molecule has 0 saturated heterocycles. The van der Waals surface area contributed by atoms with Crippen LogP contribution in [0.3, 0.4) is 0 Å². The summed E-state index contributed by atoms with van der Waals surface area (Å²) >= 11 is 0. The van der Waals surface area contributed by atoms with E-state index in [1.165, 1.54) is 54.3 Å². The molecule has 6 nitrogen and oxygen atoms in total. The number of aromatic nitrogens is 2. The van der Waals surface area contributed by atoms with E-state index in [-0.39, 0.29) is 11.3 Å². The lowest BCUT2D eigenvalue weighted by Crippen LogP contribution is -2.31. The number of imidazole rings is 1. The van der Waals surface area contributed by atoms with E-state index >= 15 is 0 Å². The number of rotatable bonds is 6. The Morgan fingerprint density at radius 2 is 1.79 bits per heavy atom. The smallest absolute Gasteiger partial charge is 0.357 e. The van der Waals surface area contributed by atoms with Crippen LogP contribution < -0.4 is 5.32 Å². The van der Waals surface area contributed by atoms with E-state index in [0.29, 0.717) is 11.8 Å². The molecule has 0 bridgehead atoms. The number of nitrogens with one attached hydrogen (secondary N) is 1. The normalized spacial score (nSPS) is 11.7. The fourth-order valence-corrected chi connectivity index (χ4v) is 2.67. The standard InChI is InChI=1S/C20H16F3N3O3/c1-12(16-7-4-14(22)8-17(16)23)25-19(27)10-29-20(28)18-9-24-11-26(18)15-5-2-13(21)3-6-15/h2-9,11-12H,10H2,1H3,(H,25,27). The molecule has 0 spiro atoms. The van der Waals surface area contributed by atoms with Crippen LogP contribution in [-0.2, 0) is 9.53 Å². The Balaban J connectivity index is 1.60. The number of esters is 1. The summed E-state index contributed by atoms with van der Waals surface area (Å²) in [6.45, 7) is 0.903. The van der Waals surface area contributed by atoms with Crippen molar-refractivity contribution in [3.05, 3.63) is 83.7 Å². The molecule has 1 amide bonds. The van der Waals surface area contributed by atoms with Gasteiger partial charge in [-0.2, -0.15) is 0 Å². The molecule has 1 unspecified atom stereocenters. The summed E-state index contributed by atoms with van der Waals surface area (Å²) in [4.78, 5) is 28.2. The SMILES string of the molecule is CC(NC(=O)COC(=O)c1cncn1-c1ccc(F)cc1)c1ccc(F)cc1F. The first-order valence-corrected chi connectivity index (χ1v) is 8.55. The van der Waals surface area contributed by atoms with Gasteiger partial charge in [0.25, 0.3) is 5.91 Å². The summed E-state index contributed by atoms with van der Waals surface area (Å²) in [6.07, 6.45) is 2.60. The molecule has 1 atom stereocenters. The zero-order valence-corrected chi connectivity index (χ0v) is 15.2. The molecule has 0 fully saturated rings. The Hall–Kier alpha value is -3.62. The number of benzene rings is 2. The van der Waals surface area contributed by atoms with Crippen LogP contribution in [0.5, 0.6) is 0 Å². The predicted octanol–water partition coefficient (Wildman–Crippen LogP) is 3.32. The largest absolute Gasteiger partial charge is 0.451 e. The highest BCUT2D eigenvalue weighted by molar-refractivity contribution is 5.90. The van der Waals surface area contributed by atoms with Crippen LogP contribution in [0.15, 0.2) is 55.0 Å². The molecule has 1 N–H and O–H groups in total. The van der Waals surface area contributed by atoms with Gasteiger partial charge >= 0.3 is 5.97 Å². The summed E-state index contributed by atoms with van der Waals surface area (Å²) in [5.41, 5.74) is 0.628. The van der Waals surface area contributed by atoms with E-state index in [1.807, 2.05) is 0 Å². The number of halogens is 3. The van der Waals surface area contributed by atoms with Gasteiger partial charge in [0, 0.05) is 17.3 Å². The lowest BCUT2D eigenvalue weighted by molar-refractivity contribution is -0.124. The molecule has 0 aliphatic carbocycles.